The van der Waals surface area contributed by atoms with Gasteiger partial charge in [-0.1, -0.05) is 31.2 Å². The van der Waals surface area contributed by atoms with Crippen molar-refractivity contribution in [2.45, 2.75) is 46.2 Å². The first-order valence-electron chi connectivity index (χ1n) is 6.77. The molecule has 0 unspecified atom stereocenters. The van der Waals surface area contributed by atoms with Gasteiger partial charge in [0.1, 0.15) is 5.01 Å². The van der Waals surface area contributed by atoms with Crippen LogP contribution >= 0.6 is 11.3 Å². The van der Waals surface area contributed by atoms with Gasteiger partial charge in [0, 0.05) is 28.7 Å². The van der Waals surface area contributed by atoms with Crippen LogP contribution in [0.2, 0.25) is 0 Å². The van der Waals surface area contributed by atoms with E-state index in [0.29, 0.717) is 0 Å². The molecule has 0 atom stereocenters. The largest absolute Gasteiger partial charge is 0.307 e. The first kappa shape index (κ1) is 14.2. The summed E-state index contributed by atoms with van der Waals surface area (Å²) in [5.74, 6) is 0. The van der Waals surface area contributed by atoms with Gasteiger partial charge in [-0.2, -0.15) is 0 Å². The summed E-state index contributed by atoms with van der Waals surface area (Å²) in [5, 5.41) is 4.60. The Morgan fingerprint density at radius 1 is 1.16 bits per heavy atom. The van der Waals surface area contributed by atoms with Gasteiger partial charge < -0.3 is 5.32 Å². The van der Waals surface area contributed by atoms with E-state index in [-0.39, 0.29) is 5.54 Å². The minimum Gasteiger partial charge on any atom is -0.307 e. The average molecular weight is 274 g/mol. The highest BCUT2D eigenvalue weighted by Gasteiger charge is 2.10. The molecule has 0 saturated carbocycles. The van der Waals surface area contributed by atoms with Crippen molar-refractivity contribution in [1.29, 1.82) is 0 Å². The number of nitrogens with zero attached hydrogens (tertiary/aromatic N) is 1. The minimum absolute atomic E-state index is 0.146. The van der Waals surface area contributed by atoms with E-state index in [1.54, 1.807) is 11.3 Å². The molecule has 1 heterocycles. The van der Waals surface area contributed by atoms with Gasteiger partial charge in [0.25, 0.3) is 0 Å². The molecule has 0 radical (unpaired) electrons. The predicted octanol–water partition coefficient (Wildman–Crippen LogP) is 4.26. The van der Waals surface area contributed by atoms with Crippen molar-refractivity contribution < 1.29 is 0 Å². The summed E-state index contributed by atoms with van der Waals surface area (Å²) >= 11 is 1.77. The first-order chi connectivity index (χ1) is 8.98. The van der Waals surface area contributed by atoms with Gasteiger partial charge in [-0.15, -0.1) is 11.3 Å². The summed E-state index contributed by atoms with van der Waals surface area (Å²) in [7, 11) is 0. The monoisotopic (exact) mass is 274 g/mol. The third-order valence-corrected chi connectivity index (χ3v) is 4.00. The second kappa shape index (κ2) is 5.85. The van der Waals surface area contributed by atoms with Crippen LogP contribution in [0.4, 0.5) is 0 Å². The van der Waals surface area contributed by atoms with Crippen LogP contribution < -0.4 is 5.32 Å². The van der Waals surface area contributed by atoms with Crippen LogP contribution in [0.25, 0.3) is 10.6 Å². The molecule has 0 aliphatic heterocycles. The minimum atomic E-state index is 0.146. The zero-order chi connectivity index (χ0) is 13.9. The molecule has 0 saturated heterocycles. The first-order valence-corrected chi connectivity index (χ1v) is 7.58. The molecule has 3 heteroatoms. The molecule has 0 aliphatic carbocycles. The summed E-state index contributed by atoms with van der Waals surface area (Å²) in [6.45, 7) is 9.60. The maximum absolute atomic E-state index is 4.52. The molecule has 0 amide bonds. The normalized spacial score (nSPS) is 11.8. The molecule has 2 aromatic rings. The molecule has 1 aromatic heterocycles. The van der Waals surface area contributed by atoms with Gasteiger partial charge in [-0.05, 0) is 32.8 Å². The number of benzene rings is 1. The SMILES string of the molecule is CCc1ccc(-c2ncc(CNC(C)(C)C)s2)cc1. The molecule has 0 aliphatic rings. The molecular formula is C16H22N2S. The second-order valence-electron chi connectivity index (χ2n) is 5.79. The number of hydrogen-bond donors (Lipinski definition) is 1. The maximum atomic E-state index is 4.52. The fraction of sp³-hybridized carbons (Fsp3) is 0.438. The van der Waals surface area contributed by atoms with E-state index in [9.17, 15) is 0 Å². The van der Waals surface area contributed by atoms with Crippen LogP contribution in [-0.4, -0.2) is 10.5 Å². The van der Waals surface area contributed by atoms with Crippen molar-refractivity contribution in [3.8, 4) is 10.6 Å². The van der Waals surface area contributed by atoms with Gasteiger partial charge in [0.2, 0.25) is 0 Å². The molecular weight excluding hydrogens is 252 g/mol. The Hall–Kier alpha value is -1.19. The summed E-state index contributed by atoms with van der Waals surface area (Å²) < 4.78 is 0. The van der Waals surface area contributed by atoms with Crippen molar-refractivity contribution in [2.24, 2.45) is 0 Å². The summed E-state index contributed by atoms with van der Waals surface area (Å²) in [5.41, 5.74) is 2.73. The Morgan fingerprint density at radius 3 is 2.42 bits per heavy atom. The van der Waals surface area contributed by atoms with Crippen LogP contribution in [0, 0.1) is 0 Å². The number of aromatic nitrogens is 1. The number of hydrogen-bond acceptors (Lipinski definition) is 3. The van der Waals surface area contributed by atoms with Crippen LogP contribution in [0.1, 0.15) is 38.1 Å². The number of thiazole rings is 1. The molecule has 0 fully saturated rings. The molecule has 102 valence electrons. The van der Waals surface area contributed by atoms with Gasteiger partial charge >= 0.3 is 0 Å². The second-order valence-corrected chi connectivity index (χ2v) is 6.90. The average Bonchev–Trinajstić information content (AvgIpc) is 2.84. The highest BCUT2D eigenvalue weighted by atomic mass is 32.1. The Kier molecular flexibility index (Phi) is 4.38. The van der Waals surface area contributed by atoms with E-state index in [1.165, 1.54) is 16.0 Å². The molecule has 19 heavy (non-hydrogen) atoms. The van der Waals surface area contributed by atoms with E-state index < -0.39 is 0 Å². The van der Waals surface area contributed by atoms with Gasteiger partial charge in [0.15, 0.2) is 0 Å². The lowest BCUT2D eigenvalue weighted by Gasteiger charge is -2.19. The van der Waals surface area contributed by atoms with Crippen molar-refractivity contribution in [2.75, 3.05) is 0 Å². The van der Waals surface area contributed by atoms with E-state index >= 15 is 0 Å². The quantitative estimate of drug-likeness (QED) is 0.901. The lowest BCUT2D eigenvalue weighted by molar-refractivity contribution is 0.426. The van der Waals surface area contributed by atoms with E-state index in [2.05, 4.69) is 62.3 Å². The number of rotatable bonds is 4. The highest BCUT2D eigenvalue weighted by Crippen LogP contribution is 2.25. The molecule has 2 rings (SSSR count). The third-order valence-electron chi connectivity index (χ3n) is 2.96. The van der Waals surface area contributed by atoms with E-state index in [0.717, 1.165) is 18.0 Å². The summed E-state index contributed by atoms with van der Waals surface area (Å²) in [6.07, 6.45) is 3.06. The summed E-state index contributed by atoms with van der Waals surface area (Å²) in [6, 6.07) is 8.70. The predicted molar refractivity (Wildman–Crippen MR) is 83.5 cm³/mol. The Bertz CT molecular complexity index is 520. The van der Waals surface area contributed by atoms with Crippen LogP contribution in [0.15, 0.2) is 30.5 Å². The zero-order valence-corrected chi connectivity index (χ0v) is 13.0. The van der Waals surface area contributed by atoms with Gasteiger partial charge in [0.05, 0.1) is 0 Å². The highest BCUT2D eigenvalue weighted by molar-refractivity contribution is 7.15. The maximum Gasteiger partial charge on any atom is 0.123 e. The van der Waals surface area contributed by atoms with Crippen molar-refractivity contribution in [3.63, 3.8) is 0 Å². The van der Waals surface area contributed by atoms with Crippen molar-refractivity contribution in [1.82, 2.24) is 10.3 Å². The Morgan fingerprint density at radius 2 is 1.84 bits per heavy atom. The van der Waals surface area contributed by atoms with Gasteiger partial charge in [-0.3, -0.25) is 0 Å². The summed E-state index contributed by atoms with van der Waals surface area (Å²) in [4.78, 5) is 5.80. The fourth-order valence-corrected chi connectivity index (χ4v) is 2.62. The molecule has 2 nitrogen and oxygen atoms in total. The van der Waals surface area contributed by atoms with Gasteiger partial charge in [-0.25, -0.2) is 4.98 Å². The Balaban J connectivity index is 2.07. The third kappa shape index (κ3) is 4.15. The fourth-order valence-electron chi connectivity index (χ4n) is 1.76. The van der Waals surface area contributed by atoms with Crippen LogP contribution in [0.3, 0.4) is 0 Å². The molecule has 1 aromatic carbocycles. The topological polar surface area (TPSA) is 24.9 Å². The number of aryl methyl sites for hydroxylation is 1. The van der Waals surface area contributed by atoms with Crippen LogP contribution in [-0.2, 0) is 13.0 Å². The molecule has 0 spiro atoms. The van der Waals surface area contributed by atoms with Crippen LogP contribution in [0.5, 0.6) is 0 Å². The standard InChI is InChI=1S/C16H22N2S/c1-5-12-6-8-13(9-7-12)15-17-10-14(19-15)11-18-16(2,3)4/h6-10,18H,5,11H2,1-4H3. The van der Waals surface area contributed by atoms with Crippen molar-refractivity contribution in [3.05, 3.63) is 40.9 Å². The van der Waals surface area contributed by atoms with E-state index in [4.69, 9.17) is 0 Å². The molecule has 1 N–H and O–H groups in total. The smallest absolute Gasteiger partial charge is 0.123 e. The molecule has 0 bridgehead atoms. The Labute approximate surface area is 119 Å². The van der Waals surface area contributed by atoms with Crippen molar-refractivity contribution >= 4 is 11.3 Å². The lowest BCUT2D eigenvalue weighted by atomic mass is 10.1. The van der Waals surface area contributed by atoms with E-state index in [1.807, 2.05) is 6.20 Å². The number of nitrogens with one attached hydrogen (secondary N) is 1. The zero-order valence-electron chi connectivity index (χ0n) is 12.2. The lowest BCUT2D eigenvalue weighted by Crippen LogP contribution is -2.34.